The third-order valence-electron chi connectivity index (χ3n) is 4.92. The lowest BCUT2D eigenvalue weighted by atomic mass is 10.1. The quantitative estimate of drug-likeness (QED) is 0.613. The normalized spacial score (nSPS) is 15.3. The second-order valence-corrected chi connectivity index (χ2v) is 7.85. The van der Waals surface area contributed by atoms with Crippen LogP contribution < -0.4 is 0 Å². The van der Waals surface area contributed by atoms with Crippen LogP contribution >= 0.6 is 11.8 Å². The summed E-state index contributed by atoms with van der Waals surface area (Å²) in [5, 5.41) is 5.01. The standard InChI is InChI=1S/C21H23N3O2S/c25-21(16-19-18-8-4-5-9-20(18)26-22-19)24-12-10-23(11-13-24)14-15-27-17-6-2-1-3-7-17/h1-9H,10-16H2. The van der Waals surface area contributed by atoms with Gasteiger partial charge < -0.3 is 9.42 Å². The molecule has 0 atom stereocenters. The molecule has 0 saturated carbocycles. The topological polar surface area (TPSA) is 49.6 Å². The Balaban J connectivity index is 1.23. The molecule has 0 N–H and O–H groups in total. The summed E-state index contributed by atoms with van der Waals surface area (Å²) in [6.45, 7) is 4.48. The van der Waals surface area contributed by atoms with Crippen LogP contribution in [0.15, 0.2) is 64.0 Å². The van der Waals surface area contributed by atoms with E-state index in [2.05, 4.69) is 34.3 Å². The van der Waals surface area contributed by atoms with Crippen molar-refractivity contribution >= 4 is 28.6 Å². The van der Waals surface area contributed by atoms with Crippen molar-refractivity contribution in [3.05, 3.63) is 60.3 Å². The molecule has 1 saturated heterocycles. The Morgan fingerprint density at radius 3 is 2.56 bits per heavy atom. The first kappa shape index (κ1) is 18.1. The zero-order valence-corrected chi connectivity index (χ0v) is 16.0. The highest BCUT2D eigenvalue weighted by atomic mass is 32.2. The van der Waals surface area contributed by atoms with Crippen molar-refractivity contribution in [1.29, 1.82) is 0 Å². The monoisotopic (exact) mass is 381 g/mol. The summed E-state index contributed by atoms with van der Waals surface area (Å²) in [5.41, 5.74) is 1.47. The van der Waals surface area contributed by atoms with Crippen LogP contribution in [-0.2, 0) is 11.2 Å². The number of carbonyl (C=O) groups is 1. The Morgan fingerprint density at radius 2 is 1.74 bits per heavy atom. The van der Waals surface area contributed by atoms with Gasteiger partial charge in [-0.1, -0.05) is 35.5 Å². The molecule has 6 heteroatoms. The molecule has 5 nitrogen and oxygen atoms in total. The Hall–Kier alpha value is -2.31. The molecular weight excluding hydrogens is 358 g/mol. The number of benzene rings is 2. The number of para-hydroxylation sites is 1. The maximum Gasteiger partial charge on any atom is 0.228 e. The number of aromatic nitrogens is 1. The van der Waals surface area contributed by atoms with Gasteiger partial charge in [0.25, 0.3) is 0 Å². The summed E-state index contributed by atoms with van der Waals surface area (Å²) < 4.78 is 5.30. The fraction of sp³-hybridized carbons (Fsp3) is 0.333. The van der Waals surface area contributed by atoms with Gasteiger partial charge >= 0.3 is 0 Å². The Morgan fingerprint density at radius 1 is 1.00 bits per heavy atom. The third kappa shape index (κ3) is 4.51. The number of piperazine rings is 1. The highest BCUT2D eigenvalue weighted by Crippen LogP contribution is 2.19. The Labute approximate surface area is 163 Å². The summed E-state index contributed by atoms with van der Waals surface area (Å²) in [6, 6.07) is 18.2. The Kier molecular flexibility index (Phi) is 5.75. The van der Waals surface area contributed by atoms with Crippen molar-refractivity contribution in [1.82, 2.24) is 15.0 Å². The van der Waals surface area contributed by atoms with E-state index in [1.165, 1.54) is 4.90 Å². The van der Waals surface area contributed by atoms with Gasteiger partial charge in [0.15, 0.2) is 5.58 Å². The molecule has 0 aliphatic carbocycles. The van der Waals surface area contributed by atoms with Gasteiger partial charge in [-0.2, -0.15) is 0 Å². The van der Waals surface area contributed by atoms with Gasteiger partial charge in [-0.15, -0.1) is 11.8 Å². The summed E-state index contributed by atoms with van der Waals surface area (Å²) in [5.74, 6) is 1.20. The van der Waals surface area contributed by atoms with Gasteiger partial charge in [0.05, 0.1) is 6.42 Å². The first-order valence-corrected chi connectivity index (χ1v) is 10.3. The minimum atomic E-state index is 0.132. The minimum absolute atomic E-state index is 0.132. The van der Waals surface area contributed by atoms with E-state index in [1.54, 1.807) is 0 Å². The number of fused-ring (bicyclic) bond motifs is 1. The van der Waals surface area contributed by atoms with Gasteiger partial charge in [0.2, 0.25) is 5.91 Å². The smallest absolute Gasteiger partial charge is 0.228 e. The van der Waals surface area contributed by atoms with Crippen LogP contribution in [0.4, 0.5) is 0 Å². The lowest BCUT2D eigenvalue weighted by Crippen LogP contribution is -2.49. The Bertz CT molecular complexity index is 889. The number of hydrogen-bond donors (Lipinski definition) is 0. The number of amides is 1. The summed E-state index contributed by atoms with van der Waals surface area (Å²) in [6.07, 6.45) is 0.306. The van der Waals surface area contributed by atoms with Crippen molar-refractivity contribution < 1.29 is 9.32 Å². The van der Waals surface area contributed by atoms with Crippen LogP contribution in [0.1, 0.15) is 5.69 Å². The van der Waals surface area contributed by atoms with E-state index in [-0.39, 0.29) is 5.91 Å². The molecule has 2 aromatic carbocycles. The summed E-state index contributed by atoms with van der Waals surface area (Å²) in [4.78, 5) is 18.3. The van der Waals surface area contributed by atoms with E-state index in [1.807, 2.05) is 47.0 Å². The molecule has 1 aliphatic heterocycles. The second-order valence-electron chi connectivity index (χ2n) is 6.69. The first-order chi connectivity index (χ1) is 13.3. The maximum absolute atomic E-state index is 12.6. The van der Waals surface area contributed by atoms with E-state index in [0.29, 0.717) is 6.42 Å². The predicted molar refractivity (Wildman–Crippen MR) is 108 cm³/mol. The lowest BCUT2D eigenvalue weighted by Gasteiger charge is -2.34. The van der Waals surface area contributed by atoms with Gasteiger partial charge in [-0.3, -0.25) is 9.69 Å². The zero-order valence-electron chi connectivity index (χ0n) is 15.2. The number of rotatable bonds is 6. The summed E-state index contributed by atoms with van der Waals surface area (Å²) >= 11 is 1.88. The van der Waals surface area contributed by atoms with Crippen molar-refractivity contribution in [3.63, 3.8) is 0 Å². The van der Waals surface area contributed by atoms with Crippen LogP contribution in [0.2, 0.25) is 0 Å². The van der Waals surface area contributed by atoms with Crippen LogP contribution in [0.5, 0.6) is 0 Å². The lowest BCUT2D eigenvalue weighted by molar-refractivity contribution is -0.132. The second kappa shape index (κ2) is 8.59. The molecule has 1 aromatic heterocycles. The van der Waals surface area contributed by atoms with E-state index < -0.39 is 0 Å². The van der Waals surface area contributed by atoms with Crippen LogP contribution in [0.25, 0.3) is 11.0 Å². The average molecular weight is 382 g/mol. The molecule has 0 radical (unpaired) electrons. The third-order valence-corrected chi connectivity index (χ3v) is 5.91. The SMILES string of the molecule is O=C(Cc1noc2ccccc12)N1CCN(CCSc2ccccc2)CC1. The average Bonchev–Trinajstić information content (AvgIpc) is 3.12. The number of carbonyl (C=O) groups excluding carboxylic acids is 1. The maximum atomic E-state index is 12.6. The van der Waals surface area contributed by atoms with Gasteiger partial charge in [0, 0.05) is 48.8 Å². The van der Waals surface area contributed by atoms with Crippen LogP contribution in [0, 0.1) is 0 Å². The number of thioether (sulfide) groups is 1. The fourth-order valence-corrected chi connectivity index (χ4v) is 4.29. The first-order valence-electron chi connectivity index (χ1n) is 9.31. The minimum Gasteiger partial charge on any atom is -0.356 e. The summed E-state index contributed by atoms with van der Waals surface area (Å²) in [7, 11) is 0. The van der Waals surface area contributed by atoms with E-state index in [9.17, 15) is 4.79 Å². The van der Waals surface area contributed by atoms with Crippen molar-refractivity contribution in [2.45, 2.75) is 11.3 Å². The molecule has 4 rings (SSSR count). The fourth-order valence-electron chi connectivity index (χ4n) is 3.35. The molecular formula is C21H23N3O2S. The van der Waals surface area contributed by atoms with Gasteiger partial charge in [-0.25, -0.2) is 0 Å². The molecule has 140 valence electrons. The number of hydrogen-bond acceptors (Lipinski definition) is 5. The molecule has 2 heterocycles. The van der Waals surface area contributed by atoms with Crippen LogP contribution in [-0.4, -0.2) is 59.3 Å². The van der Waals surface area contributed by atoms with Gasteiger partial charge in [-0.05, 0) is 24.3 Å². The zero-order chi connectivity index (χ0) is 18.5. The molecule has 1 amide bonds. The van der Waals surface area contributed by atoms with E-state index in [0.717, 1.165) is 55.1 Å². The largest absolute Gasteiger partial charge is 0.356 e. The van der Waals surface area contributed by atoms with Crippen molar-refractivity contribution in [2.75, 3.05) is 38.5 Å². The molecule has 1 fully saturated rings. The van der Waals surface area contributed by atoms with E-state index >= 15 is 0 Å². The van der Waals surface area contributed by atoms with E-state index in [4.69, 9.17) is 4.52 Å². The molecule has 1 aliphatic rings. The number of nitrogens with zero attached hydrogens (tertiary/aromatic N) is 3. The molecule has 3 aromatic rings. The van der Waals surface area contributed by atoms with Gasteiger partial charge in [0.1, 0.15) is 5.69 Å². The highest BCUT2D eigenvalue weighted by molar-refractivity contribution is 7.99. The van der Waals surface area contributed by atoms with Crippen molar-refractivity contribution in [2.24, 2.45) is 0 Å². The van der Waals surface area contributed by atoms with Crippen molar-refractivity contribution in [3.8, 4) is 0 Å². The highest BCUT2D eigenvalue weighted by Gasteiger charge is 2.22. The van der Waals surface area contributed by atoms with Crippen LogP contribution in [0.3, 0.4) is 0 Å². The molecule has 0 unspecified atom stereocenters. The molecule has 0 bridgehead atoms. The molecule has 0 spiro atoms. The predicted octanol–water partition coefficient (Wildman–Crippen LogP) is 3.31. The molecule has 27 heavy (non-hydrogen) atoms.